The van der Waals surface area contributed by atoms with E-state index in [1.54, 1.807) is 19.1 Å². The minimum Gasteiger partial charge on any atom is -0.378 e. The van der Waals surface area contributed by atoms with Crippen molar-refractivity contribution in [1.82, 2.24) is 0 Å². The number of non-ortho nitro benzene ring substituents is 1. The van der Waals surface area contributed by atoms with Crippen LogP contribution in [0.2, 0.25) is 0 Å². The zero-order chi connectivity index (χ0) is 15.6. The van der Waals surface area contributed by atoms with Crippen LogP contribution in [-0.4, -0.2) is 4.92 Å². The molecule has 0 radical (unpaired) electrons. The fraction of sp³-hybridized carbons (Fsp3) is 0.200. The van der Waals surface area contributed by atoms with Gasteiger partial charge in [-0.25, -0.2) is 4.39 Å². The number of nitrogens with one attached hydrogen (secondary N) is 1. The van der Waals surface area contributed by atoms with E-state index in [1.165, 1.54) is 18.2 Å². The first-order valence-electron chi connectivity index (χ1n) is 6.35. The Kier molecular flexibility index (Phi) is 4.57. The molecule has 21 heavy (non-hydrogen) atoms. The lowest BCUT2D eigenvalue weighted by molar-refractivity contribution is -0.384. The molecule has 0 saturated heterocycles. The normalized spacial score (nSPS) is 12.0. The van der Waals surface area contributed by atoms with Crippen LogP contribution in [0, 0.1) is 22.9 Å². The molecule has 0 aliphatic carbocycles. The van der Waals surface area contributed by atoms with Crippen molar-refractivity contribution < 1.29 is 9.31 Å². The predicted molar refractivity (Wildman–Crippen MR) is 84.0 cm³/mol. The first-order valence-corrected chi connectivity index (χ1v) is 7.14. The van der Waals surface area contributed by atoms with Gasteiger partial charge in [-0.15, -0.1) is 0 Å². The number of nitro benzene ring substituents is 1. The van der Waals surface area contributed by atoms with Crippen LogP contribution in [0.4, 0.5) is 15.8 Å². The molecule has 0 bridgehead atoms. The third kappa shape index (κ3) is 3.58. The summed E-state index contributed by atoms with van der Waals surface area (Å²) in [6.07, 6.45) is 0. The summed E-state index contributed by atoms with van der Waals surface area (Å²) in [5.41, 5.74) is 2.40. The molecule has 0 aliphatic heterocycles. The van der Waals surface area contributed by atoms with Gasteiger partial charge in [0.15, 0.2) is 0 Å². The maximum absolute atomic E-state index is 13.4. The Morgan fingerprint density at radius 2 is 2.05 bits per heavy atom. The molecule has 1 atom stereocenters. The van der Waals surface area contributed by atoms with Crippen molar-refractivity contribution in [3.05, 3.63) is 67.9 Å². The Morgan fingerprint density at radius 1 is 1.33 bits per heavy atom. The monoisotopic (exact) mass is 352 g/mol. The fourth-order valence-corrected chi connectivity index (χ4v) is 2.37. The second-order valence-electron chi connectivity index (χ2n) is 4.80. The molecule has 4 nitrogen and oxygen atoms in total. The number of nitro groups is 1. The SMILES string of the molecule is Cc1cc(F)c(Br)cc1NC(C)c1cccc([N+](=O)[O-])c1. The minimum atomic E-state index is -0.421. The van der Waals surface area contributed by atoms with Crippen LogP contribution in [0.3, 0.4) is 0 Å². The summed E-state index contributed by atoms with van der Waals surface area (Å²) < 4.78 is 13.8. The molecule has 110 valence electrons. The molecule has 0 aliphatic rings. The van der Waals surface area contributed by atoms with Crippen molar-refractivity contribution in [2.45, 2.75) is 19.9 Å². The van der Waals surface area contributed by atoms with Crippen LogP contribution in [0.15, 0.2) is 40.9 Å². The average Bonchev–Trinajstić information content (AvgIpc) is 2.44. The Labute approximate surface area is 130 Å². The van der Waals surface area contributed by atoms with Crippen LogP contribution >= 0.6 is 15.9 Å². The number of rotatable bonds is 4. The quantitative estimate of drug-likeness (QED) is 0.623. The van der Waals surface area contributed by atoms with Gasteiger partial charge >= 0.3 is 0 Å². The van der Waals surface area contributed by atoms with Crippen LogP contribution in [-0.2, 0) is 0 Å². The standard InChI is InChI=1S/C15H14BrFN2O2/c1-9-6-14(17)13(16)8-15(9)18-10(2)11-4-3-5-12(7-11)19(20)21/h3-8,10,18H,1-2H3. The Bertz CT molecular complexity index is 691. The van der Waals surface area contributed by atoms with Crippen LogP contribution in [0.25, 0.3) is 0 Å². The first-order chi connectivity index (χ1) is 9.88. The second kappa shape index (κ2) is 6.22. The number of nitrogens with zero attached hydrogens (tertiary/aromatic N) is 1. The summed E-state index contributed by atoms with van der Waals surface area (Å²) in [6, 6.07) is 9.42. The number of anilines is 1. The molecule has 2 aromatic rings. The lowest BCUT2D eigenvalue weighted by atomic mass is 10.1. The largest absolute Gasteiger partial charge is 0.378 e. The lowest BCUT2D eigenvalue weighted by Crippen LogP contribution is -2.08. The average molecular weight is 353 g/mol. The molecule has 6 heteroatoms. The molecule has 0 spiro atoms. The van der Waals surface area contributed by atoms with Crippen molar-refractivity contribution >= 4 is 27.3 Å². The van der Waals surface area contributed by atoms with Crippen molar-refractivity contribution in [2.24, 2.45) is 0 Å². The van der Waals surface area contributed by atoms with Gasteiger partial charge in [-0.1, -0.05) is 12.1 Å². The van der Waals surface area contributed by atoms with Gasteiger partial charge in [-0.05, 0) is 53.0 Å². The van der Waals surface area contributed by atoms with Crippen molar-refractivity contribution in [2.75, 3.05) is 5.32 Å². The van der Waals surface area contributed by atoms with Gasteiger partial charge in [0.25, 0.3) is 5.69 Å². The molecule has 1 N–H and O–H groups in total. The summed E-state index contributed by atoms with van der Waals surface area (Å²) in [6.45, 7) is 3.70. The highest BCUT2D eigenvalue weighted by molar-refractivity contribution is 9.10. The summed E-state index contributed by atoms with van der Waals surface area (Å²) in [5.74, 6) is -0.318. The van der Waals surface area contributed by atoms with Crippen LogP contribution < -0.4 is 5.32 Å². The predicted octanol–water partition coefficient (Wildman–Crippen LogP) is 4.98. The highest BCUT2D eigenvalue weighted by Crippen LogP contribution is 2.28. The maximum Gasteiger partial charge on any atom is 0.269 e. The number of hydrogen-bond donors (Lipinski definition) is 1. The Hall–Kier alpha value is -1.95. The van der Waals surface area contributed by atoms with Gasteiger partial charge in [-0.3, -0.25) is 10.1 Å². The van der Waals surface area contributed by atoms with Crippen LogP contribution in [0.5, 0.6) is 0 Å². The summed E-state index contributed by atoms with van der Waals surface area (Å²) in [5, 5.41) is 14.0. The van der Waals surface area contributed by atoms with Crippen molar-refractivity contribution in [3.63, 3.8) is 0 Å². The van der Waals surface area contributed by atoms with Gasteiger partial charge in [0, 0.05) is 23.9 Å². The molecule has 0 saturated carbocycles. The van der Waals surface area contributed by atoms with E-state index in [9.17, 15) is 14.5 Å². The molecular formula is C15H14BrFN2O2. The minimum absolute atomic E-state index is 0.0539. The van der Waals surface area contributed by atoms with E-state index >= 15 is 0 Å². The van der Waals surface area contributed by atoms with Gasteiger partial charge in [0.1, 0.15) is 5.82 Å². The van der Waals surface area contributed by atoms with Gasteiger partial charge < -0.3 is 5.32 Å². The topological polar surface area (TPSA) is 55.2 Å². The number of halogens is 2. The molecule has 0 aromatic heterocycles. The van der Waals surface area contributed by atoms with E-state index < -0.39 is 4.92 Å². The highest BCUT2D eigenvalue weighted by Gasteiger charge is 2.13. The zero-order valence-corrected chi connectivity index (χ0v) is 13.1. The molecule has 0 fully saturated rings. The summed E-state index contributed by atoms with van der Waals surface area (Å²) in [7, 11) is 0. The third-order valence-electron chi connectivity index (χ3n) is 3.22. The lowest BCUT2D eigenvalue weighted by Gasteiger charge is -2.18. The second-order valence-corrected chi connectivity index (χ2v) is 5.65. The van der Waals surface area contributed by atoms with E-state index in [4.69, 9.17) is 0 Å². The third-order valence-corrected chi connectivity index (χ3v) is 3.83. The first kappa shape index (κ1) is 15.4. The molecule has 2 aromatic carbocycles. The van der Waals surface area contributed by atoms with E-state index in [-0.39, 0.29) is 17.5 Å². The maximum atomic E-state index is 13.4. The van der Waals surface area contributed by atoms with Gasteiger partial charge in [-0.2, -0.15) is 0 Å². The van der Waals surface area contributed by atoms with E-state index in [1.807, 2.05) is 13.0 Å². The summed E-state index contributed by atoms with van der Waals surface area (Å²) in [4.78, 5) is 10.4. The zero-order valence-electron chi connectivity index (χ0n) is 11.6. The van der Waals surface area contributed by atoms with E-state index in [0.717, 1.165) is 16.8 Å². The van der Waals surface area contributed by atoms with E-state index in [0.29, 0.717) is 4.47 Å². The smallest absolute Gasteiger partial charge is 0.269 e. The van der Waals surface area contributed by atoms with Gasteiger partial charge in [0.2, 0.25) is 0 Å². The van der Waals surface area contributed by atoms with Crippen molar-refractivity contribution in [1.29, 1.82) is 0 Å². The Morgan fingerprint density at radius 3 is 2.71 bits per heavy atom. The molecule has 2 rings (SSSR count). The van der Waals surface area contributed by atoms with E-state index in [2.05, 4.69) is 21.2 Å². The van der Waals surface area contributed by atoms with Crippen molar-refractivity contribution in [3.8, 4) is 0 Å². The fourth-order valence-electron chi connectivity index (χ4n) is 2.03. The number of benzene rings is 2. The molecular weight excluding hydrogens is 339 g/mol. The number of aryl methyl sites for hydroxylation is 1. The highest BCUT2D eigenvalue weighted by atomic mass is 79.9. The number of hydrogen-bond acceptors (Lipinski definition) is 3. The molecule has 1 unspecified atom stereocenters. The summed E-state index contributed by atoms with van der Waals surface area (Å²) >= 11 is 3.15. The Balaban J connectivity index is 2.26. The van der Waals surface area contributed by atoms with Crippen LogP contribution in [0.1, 0.15) is 24.1 Å². The molecule has 0 amide bonds. The molecule has 0 heterocycles. The van der Waals surface area contributed by atoms with Gasteiger partial charge in [0.05, 0.1) is 9.40 Å².